The molecule has 2 amide bonds. The number of nitrogens with zero attached hydrogens (tertiary/aromatic N) is 3. The lowest BCUT2D eigenvalue weighted by atomic mass is 9.96. The molecule has 2 aromatic rings. The van der Waals surface area contributed by atoms with Gasteiger partial charge >= 0.3 is 17.8 Å². The zero-order valence-electron chi connectivity index (χ0n) is 25.1. The number of amides is 2. The second-order valence-corrected chi connectivity index (χ2v) is 11.5. The molecule has 1 atom stereocenters. The summed E-state index contributed by atoms with van der Waals surface area (Å²) in [5.41, 5.74) is 13.2. The number of hydrazine groups is 1. The minimum atomic E-state index is -0.977. The second kappa shape index (κ2) is 15.7. The lowest BCUT2D eigenvalue weighted by Crippen LogP contribution is -2.55. The monoisotopic (exact) mass is 565 g/mol. The Morgan fingerprint density at radius 3 is 2.00 bits per heavy atom. The highest BCUT2D eigenvalue weighted by Gasteiger charge is 2.40. The Balaban J connectivity index is 2.45. The number of hydrogen-bond donors (Lipinski definition) is 2. The molecule has 0 saturated heterocycles. The molecule has 0 aliphatic carbocycles. The van der Waals surface area contributed by atoms with Crippen molar-refractivity contribution in [1.29, 1.82) is 0 Å². The van der Waals surface area contributed by atoms with E-state index in [4.69, 9.17) is 9.47 Å². The molecule has 2 rings (SSSR count). The van der Waals surface area contributed by atoms with Crippen LogP contribution in [0, 0.1) is 11.8 Å². The number of rotatable bonds is 13. The third-order valence-corrected chi connectivity index (χ3v) is 6.13. The van der Waals surface area contributed by atoms with Crippen LogP contribution >= 0.6 is 0 Å². The molecule has 0 aliphatic rings. The molecule has 0 aromatic heterocycles. The molecule has 2 aromatic carbocycles. The Kier molecular flexibility index (Phi) is 12.7. The first kappa shape index (κ1) is 33.2. The van der Waals surface area contributed by atoms with Crippen LogP contribution in [-0.2, 0) is 20.8 Å². The fraction of sp³-hybridized carbons (Fsp3) is 0.484. The van der Waals surface area contributed by atoms with Crippen molar-refractivity contribution in [3.63, 3.8) is 0 Å². The topological polar surface area (TPSA) is 133 Å². The van der Waals surface area contributed by atoms with E-state index in [2.05, 4.69) is 15.5 Å². The number of ether oxygens (including phenoxy) is 2. The van der Waals surface area contributed by atoms with Crippen LogP contribution in [0.25, 0.3) is 5.53 Å². The fourth-order valence-electron chi connectivity index (χ4n) is 4.33. The first-order valence-electron chi connectivity index (χ1n) is 13.9. The molecule has 222 valence electrons. The van der Waals surface area contributed by atoms with E-state index in [1.165, 1.54) is 5.01 Å². The zero-order valence-corrected chi connectivity index (χ0v) is 25.1. The third-order valence-electron chi connectivity index (χ3n) is 6.13. The van der Waals surface area contributed by atoms with Crippen molar-refractivity contribution in [3.05, 3.63) is 77.3 Å². The summed E-state index contributed by atoms with van der Waals surface area (Å²) in [6, 6.07) is 17.0. The third kappa shape index (κ3) is 11.2. The fourth-order valence-corrected chi connectivity index (χ4v) is 4.33. The van der Waals surface area contributed by atoms with Crippen molar-refractivity contribution in [2.24, 2.45) is 11.8 Å². The molecule has 0 bridgehead atoms. The van der Waals surface area contributed by atoms with Crippen LogP contribution in [0.4, 0.5) is 4.79 Å². The normalized spacial score (nSPS) is 12.2. The molecule has 10 heteroatoms. The van der Waals surface area contributed by atoms with Crippen LogP contribution < -0.4 is 10.7 Å². The largest absolute Gasteiger partial charge is 0.453 e. The van der Waals surface area contributed by atoms with E-state index in [1.807, 2.05) is 58.0 Å². The summed E-state index contributed by atoms with van der Waals surface area (Å²) >= 11 is 0. The average Bonchev–Trinajstić information content (AvgIpc) is 2.90. The number of carbonyl (C=O) groups excluding carboxylic acids is 3. The maximum atomic E-state index is 13.5. The van der Waals surface area contributed by atoms with Crippen LogP contribution in [0.15, 0.2) is 60.7 Å². The molecule has 10 nitrogen and oxygen atoms in total. The predicted molar refractivity (Wildman–Crippen MR) is 157 cm³/mol. The van der Waals surface area contributed by atoms with Crippen LogP contribution in [-0.4, -0.2) is 57.8 Å². The summed E-state index contributed by atoms with van der Waals surface area (Å²) in [4.78, 5) is 42.4. The maximum absolute atomic E-state index is 13.5. The Labute approximate surface area is 243 Å². The molecule has 0 aliphatic heterocycles. The van der Waals surface area contributed by atoms with Crippen molar-refractivity contribution in [3.8, 4) is 0 Å². The van der Waals surface area contributed by atoms with E-state index >= 15 is 0 Å². The first-order valence-corrected chi connectivity index (χ1v) is 13.9. The lowest BCUT2D eigenvalue weighted by Gasteiger charge is -2.30. The van der Waals surface area contributed by atoms with Gasteiger partial charge < -0.3 is 20.3 Å². The van der Waals surface area contributed by atoms with E-state index in [1.54, 1.807) is 51.1 Å². The lowest BCUT2D eigenvalue weighted by molar-refractivity contribution is -0.151. The number of esters is 1. The first-order chi connectivity index (χ1) is 19.3. The molecular weight excluding hydrogens is 522 g/mol. The van der Waals surface area contributed by atoms with Gasteiger partial charge in [-0.25, -0.2) is 14.6 Å². The molecule has 0 fully saturated rings. The summed E-state index contributed by atoms with van der Waals surface area (Å²) in [5.74, 6) is -1.19. The van der Waals surface area contributed by atoms with Gasteiger partial charge in [-0.05, 0) is 56.7 Å². The van der Waals surface area contributed by atoms with E-state index in [0.717, 1.165) is 5.56 Å². The highest BCUT2D eigenvalue weighted by atomic mass is 16.6. The summed E-state index contributed by atoms with van der Waals surface area (Å²) in [5, 5.41) is 4.20. The molecule has 0 heterocycles. The van der Waals surface area contributed by atoms with Gasteiger partial charge in [-0.2, -0.15) is 4.79 Å². The summed E-state index contributed by atoms with van der Waals surface area (Å²) in [7, 11) is 0. The van der Waals surface area contributed by atoms with Gasteiger partial charge in [0.15, 0.2) is 0 Å². The van der Waals surface area contributed by atoms with Gasteiger partial charge in [0.05, 0.1) is 0 Å². The maximum Gasteiger partial charge on any atom is 0.419 e. The number of benzene rings is 2. The van der Waals surface area contributed by atoms with Crippen molar-refractivity contribution >= 4 is 23.7 Å². The molecule has 0 radical (unpaired) electrons. The number of carbonyl (C=O) groups is 3. The number of hydrogen-bond acceptors (Lipinski definition) is 6. The average molecular weight is 566 g/mol. The predicted octanol–water partition coefficient (Wildman–Crippen LogP) is 5.01. The standard InChI is InChI=1S/C31H43N5O5/c1-21(2)27(22(3)4)40-29(38)26(34-32)25(18-19-33-30(39)41-31(5,6)7)36(20-23-14-10-8-11-15-23)35-28(37)24-16-12-9-13-17-24/h8-17,21-22,25,27H,18-20H2,1-7H3,(H,33,39)(H,35,37). The minimum Gasteiger partial charge on any atom is -0.453 e. The highest BCUT2D eigenvalue weighted by molar-refractivity contribution is 6.36. The quantitative estimate of drug-likeness (QED) is 0.115. The van der Waals surface area contributed by atoms with Crippen LogP contribution in [0.2, 0.25) is 0 Å². The van der Waals surface area contributed by atoms with Gasteiger partial charge in [-0.15, -0.1) is 0 Å². The van der Waals surface area contributed by atoms with Gasteiger partial charge in [0.25, 0.3) is 5.91 Å². The van der Waals surface area contributed by atoms with Gasteiger partial charge in [0.2, 0.25) is 0 Å². The minimum absolute atomic E-state index is 0.0179. The number of nitrogens with one attached hydrogen (secondary N) is 2. The smallest absolute Gasteiger partial charge is 0.419 e. The number of alkyl carbamates (subject to hydrolysis) is 1. The van der Waals surface area contributed by atoms with Gasteiger partial charge in [-0.3, -0.25) is 10.2 Å². The SMILES string of the molecule is CC(C)C(OC(=O)C(=[N+]=[N-])C(CCNC(=O)OC(C)(C)C)N(Cc1ccccc1)NC(=O)c1ccccc1)C(C)C. The van der Waals surface area contributed by atoms with Gasteiger partial charge in [-0.1, -0.05) is 76.2 Å². The van der Waals surface area contributed by atoms with Crippen LogP contribution in [0.5, 0.6) is 0 Å². The van der Waals surface area contributed by atoms with Crippen molar-refractivity contribution < 1.29 is 28.6 Å². The molecule has 41 heavy (non-hydrogen) atoms. The van der Waals surface area contributed by atoms with Gasteiger partial charge in [0.1, 0.15) is 17.7 Å². The van der Waals surface area contributed by atoms with E-state index < -0.39 is 35.7 Å². The summed E-state index contributed by atoms with van der Waals surface area (Å²) < 4.78 is 11.1. The summed E-state index contributed by atoms with van der Waals surface area (Å²) in [6.45, 7) is 13.2. The van der Waals surface area contributed by atoms with Crippen molar-refractivity contribution in [1.82, 2.24) is 15.8 Å². The summed E-state index contributed by atoms with van der Waals surface area (Å²) in [6.07, 6.45) is -0.978. The highest BCUT2D eigenvalue weighted by Crippen LogP contribution is 2.19. The van der Waals surface area contributed by atoms with Gasteiger partial charge in [0, 0.05) is 18.7 Å². The molecule has 0 saturated carbocycles. The van der Waals surface area contributed by atoms with Crippen molar-refractivity contribution in [2.75, 3.05) is 6.54 Å². The van der Waals surface area contributed by atoms with Crippen LogP contribution in [0.3, 0.4) is 0 Å². The Bertz CT molecular complexity index is 1180. The Morgan fingerprint density at radius 2 is 1.49 bits per heavy atom. The van der Waals surface area contributed by atoms with E-state index in [0.29, 0.717) is 5.56 Å². The molecule has 1 unspecified atom stereocenters. The molecule has 0 spiro atoms. The second-order valence-electron chi connectivity index (χ2n) is 11.5. The molecule has 2 N–H and O–H groups in total. The zero-order chi connectivity index (χ0) is 30.6. The van der Waals surface area contributed by atoms with E-state index in [9.17, 15) is 19.9 Å². The Morgan fingerprint density at radius 1 is 0.927 bits per heavy atom. The van der Waals surface area contributed by atoms with Crippen LogP contribution in [0.1, 0.15) is 70.8 Å². The molecular formula is C31H43N5O5. The Hall–Kier alpha value is -4.01. The van der Waals surface area contributed by atoms with E-state index in [-0.39, 0.29) is 37.1 Å². The van der Waals surface area contributed by atoms with Crippen molar-refractivity contribution in [2.45, 2.75) is 79.2 Å².